The first-order valence-corrected chi connectivity index (χ1v) is 9.93. The van der Waals surface area contributed by atoms with Gasteiger partial charge in [0.05, 0.1) is 11.4 Å². The van der Waals surface area contributed by atoms with E-state index >= 15 is 0 Å². The number of aryl methyl sites for hydroxylation is 1. The van der Waals surface area contributed by atoms with E-state index < -0.39 is 10.8 Å². The van der Waals surface area contributed by atoms with E-state index in [-0.39, 0.29) is 0 Å². The van der Waals surface area contributed by atoms with E-state index in [0.717, 1.165) is 38.8 Å². The predicted octanol–water partition coefficient (Wildman–Crippen LogP) is 3.64. The Kier molecular flexibility index (Phi) is 4.60. The standard InChI is InChI=1S/C20H17N5OS/c1-13-4-3-5-17(22-13)20-19(23-25-24-20)15-10-11-21-18(12-15)14-6-8-16(9-7-14)27(2)26/h3-12H,1-2H3,(H,23,24,25). The first kappa shape index (κ1) is 17.2. The van der Waals surface area contributed by atoms with Crippen LogP contribution in [0.5, 0.6) is 0 Å². The minimum atomic E-state index is -0.998. The third kappa shape index (κ3) is 3.54. The number of nitrogens with one attached hydrogen (secondary N) is 1. The Bertz CT molecular complexity index is 1120. The number of benzene rings is 1. The van der Waals surface area contributed by atoms with E-state index in [4.69, 9.17) is 0 Å². The average Bonchev–Trinajstić information content (AvgIpc) is 3.18. The van der Waals surface area contributed by atoms with Crippen LogP contribution < -0.4 is 0 Å². The summed E-state index contributed by atoms with van der Waals surface area (Å²) in [6, 6.07) is 17.2. The van der Waals surface area contributed by atoms with Gasteiger partial charge in [0.15, 0.2) is 0 Å². The molecule has 1 unspecified atom stereocenters. The van der Waals surface area contributed by atoms with Gasteiger partial charge in [-0.1, -0.05) is 18.2 Å². The lowest BCUT2D eigenvalue weighted by molar-refractivity contribution is 0.687. The molecule has 0 amide bonds. The molecular formula is C20H17N5OS. The molecule has 6 nitrogen and oxygen atoms in total. The highest BCUT2D eigenvalue weighted by atomic mass is 32.2. The Labute approximate surface area is 159 Å². The van der Waals surface area contributed by atoms with Crippen LogP contribution in [0.15, 0.2) is 65.7 Å². The van der Waals surface area contributed by atoms with Crippen molar-refractivity contribution in [2.75, 3.05) is 6.26 Å². The van der Waals surface area contributed by atoms with Crippen molar-refractivity contribution in [3.63, 3.8) is 0 Å². The smallest absolute Gasteiger partial charge is 0.139 e. The molecule has 0 aliphatic rings. The molecule has 27 heavy (non-hydrogen) atoms. The van der Waals surface area contributed by atoms with Gasteiger partial charge < -0.3 is 0 Å². The number of pyridine rings is 2. The van der Waals surface area contributed by atoms with Crippen LogP contribution >= 0.6 is 0 Å². The van der Waals surface area contributed by atoms with Gasteiger partial charge in [-0.3, -0.25) is 14.2 Å². The summed E-state index contributed by atoms with van der Waals surface area (Å²) >= 11 is 0. The zero-order valence-corrected chi connectivity index (χ0v) is 15.7. The SMILES string of the molecule is Cc1cccc(-c2n[nH]nc2-c2ccnc(-c3ccc(S(C)=O)cc3)c2)n1. The topological polar surface area (TPSA) is 84.4 Å². The number of hydrogen-bond acceptors (Lipinski definition) is 5. The number of nitrogens with zero attached hydrogens (tertiary/aromatic N) is 4. The quantitative estimate of drug-likeness (QED) is 0.589. The van der Waals surface area contributed by atoms with Gasteiger partial charge in [-0.25, -0.2) is 0 Å². The second kappa shape index (κ2) is 7.20. The molecule has 3 heterocycles. The van der Waals surface area contributed by atoms with E-state index in [1.165, 1.54) is 0 Å². The average molecular weight is 375 g/mol. The summed E-state index contributed by atoms with van der Waals surface area (Å²) in [5, 5.41) is 11.3. The molecule has 1 N–H and O–H groups in total. The van der Waals surface area contributed by atoms with E-state index in [1.54, 1.807) is 12.5 Å². The second-order valence-electron chi connectivity index (χ2n) is 6.09. The summed E-state index contributed by atoms with van der Waals surface area (Å²) in [7, 11) is -0.998. The number of H-pyrrole nitrogens is 1. The maximum Gasteiger partial charge on any atom is 0.139 e. The van der Waals surface area contributed by atoms with E-state index in [0.29, 0.717) is 5.69 Å². The largest absolute Gasteiger partial charge is 0.256 e. The first-order chi connectivity index (χ1) is 13.1. The third-order valence-electron chi connectivity index (χ3n) is 4.19. The molecule has 0 saturated heterocycles. The first-order valence-electron chi connectivity index (χ1n) is 8.37. The van der Waals surface area contributed by atoms with Crippen LogP contribution in [0.3, 0.4) is 0 Å². The van der Waals surface area contributed by atoms with Gasteiger partial charge in [-0.2, -0.15) is 15.4 Å². The molecular weight excluding hydrogens is 358 g/mol. The van der Waals surface area contributed by atoms with Gasteiger partial charge in [-0.15, -0.1) is 0 Å². The van der Waals surface area contributed by atoms with Gasteiger partial charge >= 0.3 is 0 Å². The fourth-order valence-electron chi connectivity index (χ4n) is 2.84. The van der Waals surface area contributed by atoms with Gasteiger partial charge in [0.2, 0.25) is 0 Å². The second-order valence-corrected chi connectivity index (χ2v) is 7.47. The predicted molar refractivity (Wildman–Crippen MR) is 105 cm³/mol. The van der Waals surface area contributed by atoms with Crippen LogP contribution in [0.25, 0.3) is 33.9 Å². The summed E-state index contributed by atoms with van der Waals surface area (Å²) in [6.45, 7) is 1.95. The molecule has 134 valence electrons. The Morgan fingerprint density at radius 1 is 0.889 bits per heavy atom. The lowest BCUT2D eigenvalue weighted by Gasteiger charge is -2.05. The minimum absolute atomic E-state index is 0.701. The minimum Gasteiger partial charge on any atom is -0.256 e. The zero-order chi connectivity index (χ0) is 18.8. The maximum absolute atomic E-state index is 11.6. The molecule has 4 aromatic rings. The summed E-state index contributed by atoms with van der Waals surface area (Å²) in [4.78, 5) is 9.79. The molecule has 4 rings (SSSR count). The van der Waals surface area contributed by atoms with Crippen LogP contribution in [0.2, 0.25) is 0 Å². The van der Waals surface area contributed by atoms with Crippen LogP contribution in [0.4, 0.5) is 0 Å². The molecule has 1 atom stereocenters. The maximum atomic E-state index is 11.6. The molecule has 0 radical (unpaired) electrons. The van der Waals surface area contributed by atoms with Crippen molar-refractivity contribution in [2.24, 2.45) is 0 Å². The Balaban J connectivity index is 1.74. The molecule has 0 bridgehead atoms. The molecule has 0 spiro atoms. The molecule has 0 aliphatic carbocycles. The molecule has 0 aliphatic heterocycles. The monoisotopic (exact) mass is 375 g/mol. The summed E-state index contributed by atoms with van der Waals surface area (Å²) in [6.07, 6.45) is 3.41. The molecule has 7 heteroatoms. The lowest BCUT2D eigenvalue weighted by Crippen LogP contribution is -1.91. The Hall–Kier alpha value is -3.19. The van der Waals surface area contributed by atoms with Crippen molar-refractivity contribution in [3.8, 4) is 33.9 Å². The lowest BCUT2D eigenvalue weighted by atomic mass is 10.1. The van der Waals surface area contributed by atoms with Crippen molar-refractivity contribution in [2.45, 2.75) is 11.8 Å². The van der Waals surface area contributed by atoms with E-state index in [2.05, 4.69) is 25.4 Å². The summed E-state index contributed by atoms with van der Waals surface area (Å²) in [5.74, 6) is 0. The fraction of sp³-hybridized carbons (Fsp3) is 0.100. The normalized spacial score (nSPS) is 12.1. The number of rotatable bonds is 4. The van der Waals surface area contributed by atoms with Gasteiger partial charge in [0, 0.05) is 45.0 Å². The zero-order valence-electron chi connectivity index (χ0n) is 14.9. The fourth-order valence-corrected chi connectivity index (χ4v) is 3.36. The molecule has 1 aromatic carbocycles. The third-order valence-corrected chi connectivity index (χ3v) is 5.13. The van der Waals surface area contributed by atoms with Crippen LogP contribution in [0.1, 0.15) is 5.69 Å². The van der Waals surface area contributed by atoms with Crippen molar-refractivity contribution in [1.82, 2.24) is 25.4 Å². The van der Waals surface area contributed by atoms with E-state index in [9.17, 15) is 4.21 Å². The highest BCUT2D eigenvalue weighted by molar-refractivity contribution is 7.84. The highest BCUT2D eigenvalue weighted by Crippen LogP contribution is 2.29. The molecule has 0 saturated carbocycles. The summed E-state index contributed by atoms with van der Waals surface area (Å²) < 4.78 is 11.6. The Morgan fingerprint density at radius 2 is 1.67 bits per heavy atom. The number of aromatic nitrogens is 5. The van der Waals surface area contributed by atoms with Gasteiger partial charge in [0.25, 0.3) is 0 Å². The van der Waals surface area contributed by atoms with Gasteiger partial charge in [0.1, 0.15) is 11.4 Å². The molecule has 3 aromatic heterocycles. The van der Waals surface area contributed by atoms with E-state index in [1.807, 2.05) is 61.5 Å². The summed E-state index contributed by atoms with van der Waals surface area (Å²) in [5.41, 5.74) is 5.78. The van der Waals surface area contributed by atoms with Crippen LogP contribution in [-0.2, 0) is 10.8 Å². The Morgan fingerprint density at radius 3 is 2.41 bits per heavy atom. The van der Waals surface area contributed by atoms with Gasteiger partial charge in [-0.05, 0) is 43.3 Å². The highest BCUT2D eigenvalue weighted by Gasteiger charge is 2.15. The van der Waals surface area contributed by atoms with Crippen molar-refractivity contribution in [3.05, 3.63) is 66.5 Å². The van der Waals surface area contributed by atoms with Crippen molar-refractivity contribution in [1.29, 1.82) is 0 Å². The van der Waals surface area contributed by atoms with Crippen molar-refractivity contribution >= 4 is 10.8 Å². The van der Waals surface area contributed by atoms with Crippen LogP contribution in [0, 0.1) is 6.92 Å². The van der Waals surface area contributed by atoms with Crippen molar-refractivity contribution < 1.29 is 4.21 Å². The molecule has 0 fully saturated rings. The number of aromatic amines is 1. The van der Waals surface area contributed by atoms with Crippen LogP contribution in [-0.4, -0.2) is 35.8 Å². The number of hydrogen-bond donors (Lipinski definition) is 1.